The number of hydrogen-bond acceptors (Lipinski definition) is 3. The molecular weight excluding hydrogens is 202 g/mol. The third-order valence-corrected chi connectivity index (χ3v) is 2.48. The molecule has 2 aromatic rings. The minimum absolute atomic E-state index is 0.159. The first-order valence-electron chi connectivity index (χ1n) is 5.05. The standard InChI is InChI=1S/C12H13N3O/c13-10(7-12(14)16)8-3-4-11-9(6-8)2-1-5-15-11/h1-6,10H,7,13H2,(H2,14,16). The van der Waals surface area contributed by atoms with Gasteiger partial charge in [-0.1, -0.05) is 12.1 Å². The van der Waals surface area contributed by atoms with Crippen molar-refractivity contribution in [1.29, 1.82) is 0 Å². The predicted molar refractivity (Wildman–Crippen MR) is 62.5 cm³/mol. The minimum Gasteiger partial charge on any atom is -0.370 e. The monoisotopic (exact) mass is 215 g/mol. The molecule has 1 amide bonds. The van der Waals surface area contributed by atoms with Gasteiger partial charge in [-0.15, -0.1) is 0 Å². The zero-order chi connectivity index (χ0) is 11.5. The Hall–Kier alpha value is -1.94. The van der Waals surface area contributed by atoms with Gasteiger partial charge in [-0.25, -0.2) is 0 Å². The number of rotatable bonds is 3. The van der Waals surface area contributed by atoms with E-state index < -0.39 is 5.91 Å². The van der Waals surface area contributed by atoms with Gasteiger partial charge in [-0.3, -0.25) is 9.78 Å². The molecule has 1 unspecified atom stereocenters. The largest absolute Gasteiger partial charge is 0.370 e. The molecule has 1 heterocycles. The SMILES string of the molecule is NC(=O)CC(N)c1ccc2ncccc2c1. The van der Waals surface area contributed by atoms with Crippen LogP contribution in [0.25, 0.3) is 10.9 Å². The molecule has 1 aromatic carbocycles. The molecule has 16 heavy (non-hydrogen) atoms. The quantitative estimate of drug-likeness (QED) is 0.804. The van der Waals surface area contributed by atoms with Crippen molar-refractivity contribution in [2.45, 2.75) is 12.5 Å². The summed E-state index contributed by atoms with van der Waals surface area (Å²) in [5.74, 6) is -0.390. The number of aromatic nitrogens is 1. The lowest BCUT2D eigenvalue weighted by molar-refractivity contribution is -0.118. The first-order valence-corrected chi connectivity index (χ1v) is 5.05. The van der Waals surface area contributed by atoms with Crippen LogP contribution in [0.4, 0.5) is 0 Å². The number of carbonyl (C=O) groups excluding carboxylic acids is 1. The van der Waals surface area contributed by atoms with E-state index in [9.17, 15) is 4.79 Å². The number of carbonyl (C=O) groups is 1. The molecule has 0 saturated carbocycles. The highest BCUT2D eigenvalue weighted by Gasteiger charge is 2.09. The van der Waals surface area contributed by atoms with Crippen molar-refractivity contribution < 1.29 is 4.79 Å². The fourth-order valence-electron chi connectivity index (χ4n) is 1.66. The highest BCUT2D eigenvalue weighted by molar-refractivity contribution is 5.79. The van der Waals surface area contributed by atoms with Crippen molar-refractivity contribution in [1.82, 2.24) is 4.98 Å². The smallest absolute Gasteiger partial charge is 0.219 e. The second-order valence-electron chi connectivity index (χ2n) is 3.73. The molecule has 0 saturated heterocycles. The third-order valence-electron chi connectivity index (χ3n) is 2.48. The van der Waals surface area contributed by atoms with E-state index in [1.807, 2.05) is 30.3 Å². The van der Waals surface area contributed by atoms with Crippen LogP contribution in [-0.4, -0.2) is 10.9 Å². The summed E-state index contributed by atoms with van der Waals surface area (Å²) in [7, 11) is 0. The van der Waals surface area contributed by atoms with Crippen LogP contribution < -0.4 is 11.5 Å². The number of nitrogens with zero attached hydrogens (tertiary/aromatic N) is 1. The number of amides is 1. The summed E-state index contributed by atoms with van der Waals surface area (Å²) in [4.78, 5) is 15.0. The second kappa shape index (κ2) is 4.28. The average Bonchev–Trinajstić information content (AvgIpc) is 2.27. The van der Waals surface area contributed by atoms with Crippen molar-refractivity contribution >= 4 is 16.8 Å². The molecule has 0 radical (unpaired) electrons. The van der Waals surface area contributed by atoms with E-state index in [0.717, 1.165) is 16.5 Å². The highest BCUT2D eigenvalue weighted by Crippen LogP contribution is 2.19. The Labute approximate surface area is 93.3 Å². The van der Waals surface area contributed by atoms with Crippen LogP contribution in [0.3, 0.4) is 0 Å². The van der Waals surface area contributed by atoms with Gasteiger partial charge in [0, 0.05) is 24.0 Å². The van der Waals surface area contributed by atoms with Gasteiger partial charge in [-0.2, -0.15) is 0 Å². The molecule has 0 fully saturated rings. The van der Waals surface area contributed by atoms with E-state index in [-0.39, 0.29) is 12.5 Å². The van der Waals surface area contributed by atoms with Crippen molar-refractivity contribution in [3.8, 4) is 0 Å². The molecule has 0 aliphatic carbocycles. The molecule has 0 spiro atoms. The summed E-state index contributed by atoms with van der Waals surface area (Å²) >= 11 is 0. The summed E-state index contributed by atoms with van der Waals surface area (Å²) < 4.78 is 0. The Kier molecular flexibility index (Phi) is 2.83. The van der Waals surface area contributed by atoms with Gasteiger partial charge in [0.2, 0.25) is 5.91 Å². The molecule has 0 aliphatic rings. The van der Waals surface area contributed by atoms with Crippen molar-refractivity contribution in [2.24, 2.45) is 11.5 Å². The zero-order valence-corrected chi connectivity index (χ0v) is 8.76. The van der Waals surface area contributed by atoms with E-state index in [1.54, 1.807) is 6.20 Å². The molecule has 0 bridgehead atoms. The third kappa shape index (κ3) is 2.17. The molecule has 0 aliphatic heterocycles. The molecule has 1 atom stereocenters. The lowest BCUT2D eigenvalue weighted by atomic mass is 10.0. The molecule has 82 valence electrons. The summed E-state index contributed by atoms with van der Waals surface area (Å²) in [6, 6.07) is 9.20. The van der Waals surface area contributed by atoms with Gasteiger partial charge < -0.3 is 11.5 Å². The van der Waals surface area contributed by atoms with Crippen molar-refractivity contribution in [3.63, 3.8) is 0 Å². The fourth-order valence-corrected chi connectivity index (χ4v) is 1.66. The topological polar surface area (TPSA) is 82.0 Å². The molecule has 4 N–H and O–H groups in total. The fraction of sp³-hybridized carbons (Fsp3) is 0.167. The molecule has 1 aromatic heterocycles. The summed E-state index contributed by atoms with van der Waals surface area (Å²) in [5.41, 5.74) is 12.8. The average molecular weight is 215 g/mol. The lowest BCUT2D eigenvalue weighted by Gasteiger charge is -2.10. The van der Waals surface area contributed by atoms with Crippen LogP contribution in [0.5, 0.6) is 0 Å². The number of nitrogens with two attached hydrogens (primary N) is 2. The summed E-state index contributed by atoms with van der Waals surface area (Å²) in [5, 5.41) is 1.01. The van der Waals surface area contributed by atoms with Gasteiger partial charge in [-0.05, 0) is 23.8 Å². The zero-order valence-electron chi connectivity index (χ0n) is 8.76. The highest BCUT2D eigenvalue weighted by atomic mass is 16.1. The maximum atomic E-state index is 10.8. The van der Waals surface area contributed by atoms with E-state index >= 15 is 0 Å². The Bertz CT molecular complexity index is 524. The van der Waals surface area contributed by atoms with Crippen molar-refractivity contribution in [3.05, 3.63) is 42.1 Å². The van der Waals surface area contributed by atoms with Gasteiger partial charge in [0.1, 0.15) is 0 Å². The van der Waals surface area contributed by atoms with E-state index in [1.165, 1.54) is 0 Å². The Morgan fingerprint density at radius 2 is 2.19 bits per heavy atom. The van der Waals surface area contributed by atoms with Crippen LogP contribution in [-0.2, 0) is 4.79 Å². The molecule has 4 heteroatoms. The first kappa shape index (κ1) is 10.6. The van der Waals surface area contributed by atoms with E-state index in [4.69, 9.17) is 11.5 Å². The number of hydrogen-bond donors (Lipinski definition) is 2. The number of pyridine rings is 1. The summed E-state index contributed by atoms with van der Waals surface area (Å²) in [6.45, 7) is 0. The van der Waals surface area contributed by atoms with Gasteiger partial charge in [0.15, 0.2) is 0 Å². The van der Waals surface area contributed by atoms with Gasteiger partial charge in [0.25, 0.3) is 0 Å². The normalized spacial score (nSPS) is 12.6. The maximum Gasteiger partial charge on any atom is 0.219 e. The van der Waals surface area contributed by atoms with Crippen LogP contribution in [0.2, 0.25) is 0 Å². The first-order chi connectivity index (χ1) is 7.66. The van der Waals surface area contributed by atoms with Crippen LogP contribution in [0.1, 0.15) is 18.0 Å². The van der Waals surface area contributed by atoms with Crippen LogP contribution in [0, 0.1) is 0 Å². The maximum absolute atomic E-state index is 10.8. The molecular formula is C12H13N3O. The molecule has 2 rings (SSSR count). The minimum atomic E-state index is -0.390. The van der Waals surface area contributed by atoms with E-state index in [2.05, 4.69) is 4.98 Å². The Morgan fingerprint density at radius 1 is 1.38 bits per heavy atom. The second-order valence-corrected chi connectivity index (χ2v) is 3.73. The number of primary amides is 1. The Morgan fingerprint density at radius 3 is 2.94 bits per heavy atom. The van der Waals surface area contributed by atoms with Crippen molar-refractivity contribution in [2.75, 3.05) is 0 Å². The predicted octanol–water partition coefficient (Wildman–Crippen LogP) is 1.11. The lowest BCUT2D eigenvalue weighted by Crippen LogP contribution is -2.20. The number of benzene rings is 1. The van der Waals surface area contributed by atoms with Crippen LogP contribution >= 0.6 is 0 Å². The van der Waals surface area contributed by atoms with E-state index in [0.29, 0.717) is 0 Å². The molecule has 4 nitrogen and oxygen atoms in total. The number of fused-ring (bicyclic) bond motifs is 1. The van der Waals surface area contributed by atoms with Gasteiger partial charge in [0.05, 0.1) is 5.52 Å². The van der Waals surface area contributed by atoms with Gasteiger partial charge >= 0.3 is 0 Å². The van der Waals surface area contributed by atoms with Crippen LogP contribution in [0.15, 0.2) is 36.5 Å². The Balaban J connectivity index is 2.35. The summed E-state index contributed by atoms with van der Waals surface area (Å²) in [6.07, 6.45) is 1.90.